The van der Waals surface area contributed by atoms with Gasteiger partial charge in [-0.1, -0.05) is 0 Å². The van der Waals surface area contributed by atoms with Crippen molar-refractivity contribution in [3.8, 4) is 5.75 Å². The van der Waals surface area contributed by atoms with E-state index in [0.717, 1.165) is 9.83 Å². The second kappa shape index (κ2) is 5.67. The van der Waals surface area contributed by atoms with E-state index in [4.69, 9.17) is 9.84 Å². The monoisotopic (exact) mass is 370 g/mol. The minimum absolute atomic E-state index is 0.0328. The topological polar surface area (TPSA) is 80.7 Å². The van der Waals surface area contributed by atoms with Gasteiger partial charge in [0, 0.05) is 9.83 Å². The zero-order chi connectivity index (χ0) is 13.1. The van der Waals surface area contributed by atoms with E-state index in [0.29, 0.717) is 0 Å². The lowest BCUT2D eigenvalue weighted by Gasteiger charge is -2.08. The van der Waals surface area contributed by atoms with Crippen molar-refractivity contribution in [2.75, 3.05) is 18.6 Å². The summed E-state index contributed by atoms with van der Waals surface area (Å²) in [6.07, 6.45) is 1.10. The fourth-order valence-corrected chi connectivity index (χ4v) is 1.98. The number of aromatic carboxylic acids is 1. The Morgan fingerprint density at radius 3 is 2.65 bits per heavy atom. The Bertz CT molecular complexity index is 523. The summed E-state index contributed by atoms with van der Waals surface area (Å²) < 4.78 is 27.7. The van der Waals surface area contributed by atoms with E-state index in [-0.39, 0.29) is 23.7 Å². The van der Waals surface area contributed by atoms with Gasteiger partial charge in [-0.15, -0.1) is 0 Å². The number of carboxylic acids is 1. The van der Waals surface area contributed by atoms with Crippen molar-refractivity contribution in [1.82, 2.24) is 0 Å². The van der Waals surface area contributed by atoms with Crippen molar-refractivity contribution in [2.45, 2.75) is 0 Å². The predicted octanol–water partition coefficient (Wildman–Crippen LogP) is 1.41. The molecule has 0 radical (unpaired) electrons. The van der Waals surface area contributed by atoms with Gasteiger partial charge in [0.25, 0.3) is 0 Å². The average molecular weight is 370 g/mol. The SMILES string of the molecule is CS(=O)(=O)CCOc1ccc(I)cc1C(=O)O. The smallest absolute Gasteiger partial charge is 0.339 e. The Labute approximate surface area is 113 Å². The van der Waals surface area contributed by atoms with Crippen LogP contribution in [0, 0.1) is 3.57 Å². The molecule has 0 unspecified atom stereocenters. The van der Waals surface area contributed by atoms with Crippen molar-refractivity contribution >= 4 is 38.4 Å². The average Bonchev–Trinajstić information content (AvgIpc) is 2.18. The van der Waals surface area contributed by atoms with Crippen LogP contribution in [0.15, 0.2) is 18.2 Å². The van der Waals surface area contributed by atoms with Crippen molar-refractivity contribution in [3.63, 3.8) is 0 Å². The maximum atomic E-state index is 10.9. The van der Waals surface area contributed by atoms with Gasteiger partial charge in [-0.05, 0) is 40.8 Å². The lowest BCUT2D eigenvalue weighted by atomic mass is 10.2. The molecule has 17 heavy (non-hydrogen) atoms. The number of ether oxygens (including phenoxy) is 1. The molecule has 1 aromatic rings. The lowest BCUT2D eigenvalue weighted by Crippen LogP contribution is -2.13. The van der Waals surface area contributed by atoms with Gasteiger partial charge < -0.3 is 9.84 Å². The van der Waals surface area contributed by atoms with E-state index < -0.39 is 15.8 Å². The third kappa shape index (κ3) is 4.90. The van der Waals surface area contributed by atoms with Gasteiger partial charge in [-0.3, -0.25) is 0 Å². The third-order valence-electron chi connectivity index (χ3n) is 1.88. The maximum absolute atomic E-state index is 10.9. The number of hydrogen-bond acceptors (Lipinski definition) is 4. The van der Waals surface area contributed by atoms with Crippen LogP contribution in [-0.4, -0.2) is 38.1 Å². The van der Waals surface area contributed by atoms with Gasteiger partial charge in [0.15, 0.2) is 9.84 Å². The van der Waals surface area contributed by atoms with Gasteiger partial charge in [-0.25, -0.2) is 13.2 Å². The van der Waals surface area contributed by atoms with Gasteiger partial charge >= 0.3 is 5.97 Å². The molecule has 0 spiro atoms. The molecule has 7 heteroatoms. The summed E-state index contributed by atoms with van der Waals surface area (Å²) in [6, 6.07) is 4.69. The Balaban J connectivity index is 2.81. The number of carbonyl (C=O) groups is 1. The van der Waals surface area contributed by atoms with Crippen molar-refractivity contribution in [1.29, 1.82) is 0 Å². The first-order valence-electron chi connectivity index (χ1n) is 4.63. The molecule has 1 aromatic carbocycles. The standard InChI is InChI=1S/C10H11IO5S/c1-17(14,15)5-4-16-9-3-2-7(11)6-8(9)10(12)13/h2-3,6H,4-5H2,1H3,(H,12,13). The van der Waals surface area contributed by atoms with Crippen LogP contribution in [0.4, 0.5) is 0 Å². The Morgan fingerprint density at radius 1 is 1.47 bits per heavy atom. The highest BCUT2D eigenvalue weighted by molar-refractivity contribution is 14.1. The molecule has 0 fully saturated rings. The van der Waals surface area contributed by atoms with E-state index in [1.54, 1.807) is 6.07 Å². The molecule has 0 saturated carbocycles. The number of hydrogen-bond donors (Lipinski definition) is 1. The molecule has 0 atom stereocenters. The lowest BCUT2D eigenvalue weighted by molar-refractivity contribution is 0.0692. The van der Waals surface area contributed by atoms with Crippen LogP contribution in [0.25, 0.3) is 0 Å². The van der Waals surface area contributed by atoms with Crippen LogP contribution in [0.1, 0.15) is 10.4 Å². The summed E-state index contributed by atoms with van der Waals surface area (Å²) in [5, 5.41) is 8.95. The summed E-state index contributed by atoms with van der Waals surface area (Å²) >= 11 is 1.99. The van der Waals surface area contributed by atoms with Gasteiger partial charge in [0.2, 0.25) is 0 Å². The fourth-order valence-electron chi connectivity index (χ4n) is 1.10. The Morgan fingerprint density at radius 2 is 2.12 bits per heavy atom. The van der Waals surface area contributed by atoms with Crippen LogP contribution >= 0.6 is 22.6 Å². The quantitative estimate of drug-likeness (QED) is 0.793. The molecule has 0 saturated heterocycles. The van der Waals surface area contributed by atoms with Gasteiger partial charge in [-0.2, -0.15) is 0 Å². The third-order valence-corrected chi connectivity index (χ3v) is 3.46. The zero-order valence-corrected chi connectivity index (χ0v) is 12.0. The summed E-state index contributed by atoms with van der Waals surface area (Å²) in [7, 11) is -3.11. The molecule has 1 rings (SSSR count). The molecule has 0 heterocycles. The van der Waals surface area contributed by atoms with Crippen LogP contribution in [0.3, 0.4) is 0 Å². The molecule has 0 aliphatic heterocycles. The highest BCUT2D eigenvalue weighted by Gasteiger charge is 2.12. The molecular formula is C10H11IO5S. The predicted molar refractivity (Wildman–Crippen MR) is 71.3 cm³/mol. The highest BCUT2D eigenvalue weighted by atomic mass is 127. The largest absolute Gasteiger partial charge is 0.492 e. The molecule has 0 aromatic heterocycles. The highest BCUT2D eigenvalue weighted by Crippen LogP contribution is 2.21. The van der Waals surface area contributed by atoms with E-state index in [1.807, 2.05) is 22.6 Å². The first-order valence-corrected chi connectivity index (χ1v) is 7.77. The van der Waals surface area contributed by atoms with Gasteiger partial charge in [0.1, 0.15) is 17.9 Å². The minimum Gasteiger partial charge on any atom is -0.492 e. The molecular weight excluding hydrogens is 359 g/mol. The van der Waals surface area contributed by atoms with E-state index >= 15 is 0 Å². The summed E-state index contributed by atoms with van der Waals surface area (Å²) in [4.78, 5) is 10.9. The minimum atomic E-state index is -3.11. The summed E-state index contributed by atoms with van der Waals surface area (Å²) in [6.45, 7) is -0.0558. The molecule has 1 N–H and O–H groups in total. The number of halogens is 1. The maximum Gasteiger partial charge on any atom is 0.339 e. The molecule has 0 aliphatic carbocycles. The first kappa shape index (κ1) is 14.2. The molecule has 94 valence electrons. The first-order chi connectivity index (χ1) is 7.79. The summed E-state index contributed by atoms with van der Waals surface area (Å²) in [5.41, 5.74) is 0.0328. The normalized spacial score (nSPS) is 11.2. The number of rotatable bonds is 5. The molecule has 0 amide bonds. The Kier molecular flexibility index (Phi) is 4.75. The fraction of sp³-hybridized carbons (Fsp3) is 0.300. The molecule has 5 nitrogen and oxygen atoms in total. The van der Waals surface area contributed by atoms with E-state index in [9.17, 15) is 13.2 Å². The van der Waals surface area contributed by atoms with Crippen LogP contribution < -0.4 is 4.74 Å². The Hall–Kier alpha value is -0.830. The van der Waals surface area contributed by atoms with Crippen LogP contribution in [0.5, 0.6) is 5.75 Å². The van der Waals surface area contributed by atoms with E-state index in [1.165, 1.54) is 12.1 Å². The van der Waals surface area contributed by atoms with Crippen molar-refractivity contribution in [2.24, 2.45) is 0 Å². The van der Waals surface area contributed by atoms with Crippen LogP contribution in [-0.2, 0) is 9.84 Å². The molecule has 0 aliphatic rings. The zero-order valence-electron chi connectivity index (χ0n) is 9.01. The van der Waals surface area contributed by atoms with Crippen molar-refractivity contribution in [3.05, 3.63) is 27.3 Å². The number of sulfone groups is 1. The summed E-state index contributed by atoms with van der Waals surface area (Å²) in [5.74, 6) is -1.06. The number of benzene rings is 1. The van der Waals surface area contributed by atoms with E-state index in [2.05, 4.69) is 0 Å². The molecule has 0 bridgehead atoms. The van der Waals surface area contributed by atoms with Gasteiger partial charge in [0.05, 0.1) is 5.75 Å². The second-order valence-electron chi connectivity index (χ2n) is 3.42. The van der Waals surface area contributed by atoms with Crippen molar-refractivity contribution < 1.29 is 23.1 Å². The number of carboxylic acid groups (broad SMARTS) is 1. The second-order valence-corrected chi connectivity index (χ2v) is 6.93. The van der Waals surface area contributed by atoms with Crippen LogP contribution in [0.2, 0.25) is 0 Å².